The first-order valence-corrected chi connectivity index (χ1v) is 18.3. The van der Waals surface area contributed by atoms with E-state index in [-0.39, 0.29) is 28.9 Å². The van der Waals surface area contributed by atoms with Gasteiger partial charge in [0.25, 0.3) is 0 Å². The standard InChI is InChI=1S/C30H15N3O6.2C8H5NO2/c34-28-19-7-1-4-10-22(19)31-25(37-28)16-13-17(26-32-23-11-5-2-8-20(23)29(35)38-26)15-18(14-16)27-33-24-12-6-3-9-21(24)30(36)39-27;2*10-8-6-3-1-2-4-7(6)9-5-11-8/h1-15H;2*1-5H. The van der Waals surface area contributed by atoms with E-state index in [0.717, 1.165) is 12.8 Å². The number of fused-ring (bicyclic) bond motifs is 5. The Morgan fingerprint density at radius 2 is 0.574 bits per heavy atom. The smallest absolute Gasteiger partial charge is 0.347 e. The highest BCUT2D eigenvalue weighted by molar-refractivity contribution is 5.84. The quantitative estimate of drug-likeness (QED) is 0.168. The summed E-state index contributed by atoms with van der Waals surface area (Å²) in [5, 5.41) is 2.05. The first-order valence-electron chi connectivity index (χ1n) is 18.3. The van der Waals surface area contributed by atoms with Gasteiger partial charge in [0.1, 0.15) is 0 Å². The Hall–Kier alpha value is -8.98. The molecule has 61 heavy (non-hydrogen) atoms. The van der Waals surface area contributed by atoms with Crippen LogP contribution in [-0.4, -0.2) is 24.9 Å². The molecule has 0 amide bonds. The van der Waals surface area contributed by atoms with Crippen molar-refractivity contribution in [1.82, 2.24) is 24.9 Å². The second-order valence-corrected chi connectivity index (χ2v) is 13.1. The number of para-hydroxylation sites is 5. The lowest BCUT2D eigenvalue weighted by atomic mass is 10.0. The summed E-state index contributed by atoms with van der Waals surface area (Å²) >= 11 is 0. The Morgan fingerprint density at radius 1 is 0.311 bits per heavy atom. The van der Waals surface area contributed by atoms with Crippen molar-refractivity contribution in [2.24, 2.45) is 0 Å². The number of nitrogens with zero attached hydrogens (tertiary/aromatic N) is 5. The fourth-order valence-electron chi connectivity index (χ4n) is 6.33. The fraction of sp³-hybridized carbons (Fsp3) is 0. The van der Waals surface area contributed by atoms with Crippen molar-refractivity contribution in [3.63, 3.8) is 0 Å². The number of rotatable bonds is 3. The van der Waals surface area contributed by atoms with E-state index in [1.165, 1.54) is 0 Å². The Bertz CT molecular complexity index is 3400. The van der Waals surface area contributed by atoms with Crippen molar-refractivity contribution in [3.05, 3.63) is 204 Å². The van der Waals surface area contributed by atoms with E-state index in [0.29, 0.717) is 71.2 Å². The van der Waals surface area contributed by atoms with Crippen LogP contribution in [-0.2, 0) is 0 Å². The van der Waals surface area contributed by atoms with Crippen LogP contribution in [0, 0.1) is 0 Å². The van der Waals surface area contributed by atoms with Gasteiger partial charge in [-0.15, -0.1) is 0 Å². The molecule has 0 atom stereocenters. The van der Waals surface area contributed by atoms with Crippen molar-refractivity contribution in [2.75, 3.05) is 0 Å². The highest BCUT2D eigenvalue weighted by Gasteiger charge is 2.18. The maximum absolute atomic E-state index is 12.7. The summed E-state index contributed by atoms with van der Waals surface area (Å²) in [4.78, 5) is 81.4. The second-order valence-electron chi connectivity index (χ2n) is 13.1. The third-order valence-corrected chi connectivity index (χ3v) is 9.23. The molecule has 15 heteroatoms. The number of hydrogen-bond acceptors (Lipinski definition) is 15. The van der Waals surface area contributed by atoms with Crippen LogP contribution in [0.25, 0.3) is 88.9 Å². The van der Waals surface area contributed by atoms with Crippen LogP contribution < -0.4 is 28.1 Å². The maximum atomic E-state index is 12.7. The SMILES string of the molecule is O=c1oc(-c2cc(-c3nc4ccccc4c(=O)o3)cc(-c3nc4ccccc4c(=O)o3)c2)nc2ccccc12.O=c1ocnc2ccccc12.O=c1ocnc2ccccc12. The van der Waals surface area contributed by atoms with Crippen LogP contribution >= 0.6 is 0 Å². The Balaban J connectivity index is 0.000000174. The molecule has 0 saturated carbocycles. The summed E-state index contributed by atoms with van der Waals surface area (Å²) < 4.78 is 25.8. The summed E-state index contributed by atoms with van der Waals surface area (Å²) in [6.07, 6.45) is 2.31. The first kappa shape index (κ1) is 37.6. The van der Waals surface area contributed by atoms with Crippen LogP contribution in [0.5, 0.6) is 0 Å². The van der Waals surface area contributed by atoms with Gasteiger partial charge in [0.05, 0.1) is 54.5 Å². The average molecular weight is 808 g/mol. The summed E-state index contributed by atoms with van der Waals surface area (Å²) in [5.74, 6) is 0.0641. The Morgan fingerprint density at radius 3 is 0.869 bits per heavy atom. The highest BCUT2D eigenvalue weighted by Crippen LogP contribution is 2.32. The minimum atomic E-state index is -0.562. The zero-order chi connectivity index (χ0) is 41.9. The molecule has 0 aliphatic carbocycles. The van der Waals surface area contributed by atoms with Gasteiger partial charge in [-0.25, -0.2) is 48.9 Å². The molecular weight excluding hydrogens is 783 g/mol. The summed E-state index contributed by atoms with van der Waals surface area (Å²) in [5.41, 5.74) is 1.40. The third kappa shape index (κ3) is 7.72. The van der Waals surface area contributed by atoms with Gasteiger partial charge < -0.3 is 22.1 Å². The van der Waals surface area contributed by atoms with Gasteiger partial charge in [0.15, 0.2) is 12.8 Å². The molecule has 0 N–H and O–H groups in total. The lowest BCUT2D eigenvalue weighted by Gasteiger charge is -2.09. The van der Waals surface area contributed by atoms with E-state index in [1.54, 1.807) is 127 Å². The summed E-state index contributed by atoms with van der Waals surface area (Å²) in [7, 11) is 0. The molecule has 11 aromatic rings. The second kappa shape index (κ2) is 16.1. The molecule has 0 aliphatic rings. The van der Waals surface area contributed by atoms with Gasteiger partial charge in [0.2, 0.25) is 17.7 Å². The minimum Gasteiger partial charge on any atom is -0.411 e. The largest absolute Gasteiger partial charge is 0.411 e. The van der Waals surface area contributed by atoms with E-state index in [2.05, 4.69) is 33.8 Å². The predicted octanol–water partition coefficient (Wildman–Crippen LogP) is 7.57. The lowest BCUT2D eigenvalue weighted by Crippen LogP contribution is -2.05. The van der Waals surface area contributed by atoms with E-state index in [1.807, 2.05) is 12.1 Å². The van der Waals surface area contributed by atoms with Gasteiger partial charge in [-0.05, 0) is 78.9 Å². The van der Waals surface area contributed by atoms with Crippen LogP contribution in [0.3, 0.4) is 0 Å². The van der Waals surface area contributed by atoms with Crippen molar-refractivity contribution >= 4 is 54.5 Å². The average Bonchev–Trinajstić information content (AvgIpc) is 3.30. The zero-order valence-electron chi connectivity index (χ0n) is 31.3. The molecule has 0 unspecified atom stereocenters. The first-order chi connectivity index (χ1) is 29.8. The predicted molar refractivity (Wildman–Crippen MR) is 225 cm³/mol. The molecule has 294 valence electrons. The number of hydrogen-bond donors (Lipinski definition) is 0. The van der Waals surface area contributed by atoms with Crippen molar-refractivity contribution in [2.45, 2.75) is 0 Å². The molecule has 0 bridgehead atoms. The molecule has 5 heterocycles. The molecule has 11 rings (SSSR count). The number of aromatic nitrogens is 5. The molecule has 0 saturated heterocycles. The van der Waals surface area contributed by atoms with Gasteiger partial charge >= 0.3 is 28.1 Å². The minimum absolute atomic E-state index is 0.0214. The molecule has 0 aliphatic heterocycles. The highest BCUT2D eigenvalue weighted by atomic mass is 16.4. The summed E-state index contributed by atoms with van der Waals surface area (Å²) in [6, 6.07) is 39.5. The molecule has 15 nitrogen and oxygen atoms in total. The van der Waals surface area contributed by atoms with Crippen LogP contribution in [0.1, 0.15) is 0 Å². The van der Waals surface area contributed by atoms with E-state index >= 15 is 0 Å². The molecule has 5 aromatic heterocycles. The molecule has 0 fully saturated rings. The maximum Gasteiger partial charge on any atom is 0.347 e. The Kier molecular flexibility index (Phi) is 9.93. The molecule has 6 aromatic carbocycles. The lowest BCUT2D eigenvalue weighted by molar-refractivity contribution is 0.501. The van der Waals surface area contributed by atoms with Crippen molar-refractivity contribution in [1.29, 1.82) is 0 Å². The van der Waals surface area contributed by atoms with E-state index in [9.17, 15) is 24.0 Å². The normalized spacial score (nSPS) is 11.0. The van der Waals surface area contributed by atoms with E-state index < -0.39 is 16.9 Å². The van der Waals surface area contributed by atoms with Crippen LogP contribution in [0.2, 0.25) is 0 Å². The summed E-state index contributed by atoms with van der Waals surface area (Å²) in [6.45, 7) is 0. The van der Waals surface area contributed by atoms with Gasteiger partial charge in [-0.2, -0.15) is 0 Å². The third-order valence-electron chi connectivity index (χ3n) is 9.23. The topological polar surface area (TPSA) is 215 Å². The van der Waals surface area contributed by atoms with Crippen LogP contribution in [0.15, 0.2) is 198 Å². The van der Waals surface area contributed by atoms with Gasteiger partial charge in [0, 0.05) is 16.7 Å². The van der Waals surface area contributed by atoms with Crippen LogP contribution in [0.4, 0.5) is 0 Å². The fourth-order valence-corrected chi connectivity index (χ4v) is 6.33. The monoisotopic (exact) mass is 807 g/mol. The molecular formula is C46H25N5O10. The van der Waals surface area contributed by atoms with Gasteiger partial charge in [-0.3, -0.25) is 0 Å². The van der Waals surface area contributed by atoms with Crippen molar-refractivity contribution < 1.29 is 22.1 Å². The van der Waals surface area contributed by atoms with E-state index in [4.69, 9.17) is 13.3 Å². The zero-order valence-corrected chi connectivity index (χ0v) is 31.3. The van der Waals surface area contributed by atoms with Crippen molar-refractivity contribution in [3.8, 4) is 34.4 Å². The molecule has 0 radical (unpaired) electrons. The molecule has 0 spiro atoms. The Labute approximate surface area is 339 Å². The number of benzene rings is 6. The van der Waals surface area contributed by atoms with Gasteiger partial charge in [-0.1, -0.05) is 60.7 Å².